The molecular weight excluding hydrogens is 275 g/mol. The molecule has 2 nitrogen and oxygen atoms in total. The van der Waals surface area contributed by atoms with Crippen molar-refractivity contribution in [2.75, 3.05) is 0 Å². The molecule has 0 amide bonds. The van der Waals surface area contributed by atoms with E-state index in [1.807, 2.05) is 25.1 Å². The third kappa shape index (κ3) is 4.29. The fourth-order valence-corrected chi connectivity index (χ4v) is 2.48. The number of pyridine rings is 1. The smallest absolute Gasteiger partial charge is 0.141 e. The number of benzene rings is 1. The van der Waals surface area contributed by atoms with Gasteiger partial charge in [0, 0.05) is 23.3 Å². The van der Waals surface area contributed by atoms with Crippen LogP contribution in [0.5, 0.6) is 0 Å². The Bertz CT molecular complexity index is 574. The maximum atomic E-state index is 13.2. The highest BCUT2D eigenvalue weighted by molar-refractivity contribution is 6.30. The van der Waals surface area contributed by atoms with Crippen molar-refractivity contribution in [1.82, 2.24) is 10.3 Å². The highest BCUT2D eigenvalue weighted by Crippen LogP contribution is 2.16. The lowest BCUT2D eigenvalue weighted by Crippen LogP contribution is -2.30. The zero-order chi connectivity index (χ0) is 14.5. The summed E-state index contributed by atoms with van der Waals surface area (Å²) in [6, 6.07) is 9.65. The molecule has 1 heterocycles. The molecule has 2 atom stereocenters. The largest absolute Gasteiger partial charge is 0.307 e. The molecule has 0 saturated carbocycles. The number of halogens is 2. The molecule has 2 aromatic rings. The van der Waals surface area contributed by atoms with Gasteiger partial charge in [-0.2, -0.15) is 0 Å². The van der Waals surface area contributed by atoms with Crippen molar-refractivity contribution in [3.05, 3.63) is 64.7 Å². The van der Waals surface area contributed by atoms with Gasteiger partial charge in [0.2, 0.25) is 0 Å². The van der Waals surface area contributed by atoms with E-state index in [-0.39, 0.29) is 17.9 Å². The van der Waals surface area contributed by atoms with Crippen molar-refractivity contribution < 1.29 is 4.39 Å². The molecule has 20 heavy (non-hydrogen) atoms. The molecule has 0 bridgehead atoms. The lowest BCUT2D eigenvalue weighted by Gasteiger charge is -2.20. The van der Waals surface area contributed by atoms with Gasteiger partial charge in [-0.05, 0) is 49.6 Å². The van der Waals surface area contributed by atoms with E-state index < -0.39 is 0 Å². The van der Waals surface area contributed by atoms with E-state index in [0.717, 1.165) is 17.0 Å². The molecule has 1 aromatic carbocycles. The summed E-state index contributed by atoms with van der Waals surface area (Å²) in [7, 11) is 0. The Labute approximate surface area is 124 Å². The monoisotopic (exact) mass is 292 g/mol. The summed E-state index contributed by atoms with van der Waals surface area (Å²) >= 11 is 5.98. The maximum Gasteiger partial charge on any atom is 0.141 e. The molecule has 0 aliphatic heterocycles. The number of aromatic nitrogens is 1. The first kappa shape index (κ1) is 14.9. The summed E-state index contributed by atoms with van der Waals surface area (Å²) < 4.78 is 13.2. The zero-order valence-electron chi connectivity index (χ0n) is 11.6. The quantitative estimate of drug-likeness (QED) is 0.895. The molecule has 4 heteroatoms. The Morgan fingerprint density at radius 1 is 1.25 bits per heavy atom. The average molecular weight is 293 g/mol. The fourth-order valence-electron chi connectivity index (χ4n) is 2.26. The van der Waals surface area contributed by atoms with E-state index in [1.54, 1.807) is 6.20 Å². The van der Waals surface area contributed by atoms with Crippen LogP contribution in [-0.2, 0) is 6.42 Å². The van der Waals surface area contributed by atoms with Gasteiger partial charge in [0.05, 0.1) is 6.20 Å². The van der Waals surface area contributed by atoms with E-state index >= 15 is 0 Å². The topological polar surface area (TPSA) is 24.9 Å². The Morgan fingerprint density at radius 2 is 2.05 bits per heavy atom. The van der Waals surface area contributed by atoms with Crippen LogP contribution >= 0.6 is 11.6 Å². The van der Waals surface area contributed by atoms with Crippen LogP contribution in [0.1, 0.15) is 31.0 Å². The number of rotatable bonds is 5. The van der Waals surface area contributed by atoms with Gasteiger partial charge in [0.15, 0.2) is 0 Å². The first-order chi connectivity index (χ1) is 9.54. The summed E-state index contributed by atoms with van der Waals surface area (Å²) in [6.07, 6.45) is 3.77. The van der Waals surface area contributed by atoms with E-state index in [1.165, 1.54) is 17.8 Å². The Morgan fingerprint density at radius 3 is 2.75 bits per heavy atom. The standard InChI is InChI=1S/C16H18ClFN2/c1-11(6-13-4-3-5-15(17)7-13)20-12(2)14-8-16(18)10-19-9-14/h3-5,7-12,20H,6H2,1-2H3. The van der Waals surface area contributed by atoms with Crippen molar-refractivity contribution in [2.24, 2.45) is 0 Å². The van der Waals surface area contributed by atoms with Crippen molar-refractivity contribution >= 4 is 11.6 Å². The van der Waals surface area contributed by atoms with Gasteiger partial charge < -0.3 is 5.32 Å². The second-order valence-corrected chi connectivity index (χ2v) is 5.50. The van der Waals surface area contributed by atoms with E-state index in [9.17, 15) is 4.39 Å². The molecule has 0 radical (unpaired) electrons. The average Bonchev–Trinajstić information content (AvgIpc) is 2.38. The Kier molecular flexibility index (Phi) is 5.10. The van der Waals surface area contributed by atoms with Crippen LogP contribution < -0.4 is 5.32 Å². The van der Waals surface area contributed by atoms with Gasteiger partial charge in [-0.25, -0.2) is 4.39 Å². The normalized spacial score (nSPS) is 14.0. The highest BCUT2D eigenvalue weighted by Gasteiger charge is 2.11. The van der Waals surface area contributed by atoms with Crippen LogP contribution in [0.2, 0.25) is 5.02 Å². The molecule has 2 rings (SSSR count). The molecule has 1 N–H and O–H groups in total. The second kappa shape index (κ2) is 6.82. The van der Waals surface area contributed by atoms with Crippen LogP contribution in [0.4, 0.5) is 4.39 Å². The number of nitrogens with zero attached hydrogens (tertiary/aromatic N) is 1. The van der Waals surface area contributed by atoms with Crippen LogP contribution in [0.3, 0.4) is 0 Å². The molecule has 0 aliphatic carbocycles. The zero-order valence-corrected chi connectivity index (χ0v) is 12.4. The Balaban J connectivity index is 1.95. The molecule has 0 aliphatic rings. The lowest BCUT2D eigenvalue weighted by atomic mass is 10.0. The van der Waals surface area contributed by atoms with Crippen LogP contribution in [0, 0.1) is 5.82 Å². The van der Waals surface area contributed by atoms with Gasteiger partial charge in [-0.15, -0.1) is 0 Å². The fraction of sp³-hybridized carbons (Fsp3) is 0.312. The van der Waals surface area contributed by atoms with E-state index in [4.69, 9.17) is 11.6 Å². The molecule has 106 valence electrons. The lowest BCUT2D eigenvalue weighted by molar-refractivity contribution is 0.474. The van der Waals surface area contributed by atoms with Crippen molar-refractivity contribution in [1.29, 1.82) is 0 Å². The van der Waals surface area contributed by atoms with Gasteiger partial charge in [-0.3, -0.25) is 4.98 Å². The molecule has 2 unspecified atom stereocenters. The SMILES string of the molecule is CC(Cc1cccc(Cl)c1)NC(C)c1cncc(F)c1. The van der Waals surface area contributed by atoms with Crippen LogP contribution in [0.25, 0.3) is 0 Å². The summed E-state index contributed by atoms with van der Waals surface area (Å²) in [5, 5.41) is 4.19. The van der Waals surface area contributed by atoms with Crippen LogP contribution in [0.15, 0.2) is 42.7 Å². The molecule has 0 spiro atoms. The van der Waals surface area contributed by atoms with E-state index in [2.05, 4.69) is 23.3 Å². The van der Waals surface area contributed by atoms with E-state index in [0.29, 0.717) is 0 Å². The molecule has 0 saturated heterocycles. The molecular formula is C16H18ClFN2. The van der Waals surface area contributed by atoms with Crippen LogP contribution in [-0.4, -0.2) is 11.0 Å². The number of hydrogen-bond acceptors (Lipinski definition) is 2. The molecule has 1 aromatic heterocycles. The minimum absolute atomic E-state index is 0.0485. The van der Waals surface area contributed by atoms with Crippen molar-refractivity contribution in [2.45, 2.75) is 32.4 Å². The third-order valence-electron chi connectivity index (χ3n) is 3.19. The molecule has 0 fully saturated rings. The van der Waals surface area contributed by atoms with Crippen molar-refractivity contribution in [3.8, 4) is 0 Å². The summed E-state index contributed by atoms with van der Waals surface area (Å²) in [6.45, 7) is 4.11. The summed E-state index contributed by atoms with van der Waals surface area (Å²) in [4.78, 5) is 3.88. The minimum Gasteiger partial charge on any atom is -0.307 e. The Hall–Kier alpha value is -1.45. The highest BCUT2D eigenvalue weighted by atomic mass is 35.5. The number of hydrogen-bond donors (Lipinski definition) is 1. The summed E-state index contributed by atoms with van der Waals surface area (Å²) in [5.41, 5.74) is 2.03. The minimum atomic E-state index is -0.307. The maximum absolute atomic E-state index is 13.2. The predicted molar refractivity (Wildman–Crippen MR) is 80.4 cm³/mol. The van der Waals surface area contributed by atoms with Gasteiger partial charge in [-0.1, -0.05) is 23.7 Å². The van der Waals surface area contributed by atoms with Gasteiger partial charge in [0.1, 0.15) is 5.82 Å². The van der Waals surface area contributed by atoms with Gasteiger partial charge in [0.25, 0.3) is 0 Å². The summed E-state index contributed by atoms with van der Waals surface area (Å²) in [5.74, 6) is -0.307. The van der Waals surface area contributed by atoms with Crippen molar-refractivity contribution in [3.63, 3.8) is 0 Å². The number of nitrogens with one attached hydrogen (secondary N) is 1. The first-order valence-electron chi connectivity index (χ1n) is 6.65. The first-order valence-corrected chi connectivity index (χ1v) is 7.03. The third-order valence-corrected chi connectivity index (χ3v) is 3.43. The van der Waals surface area contributed by atoms with Gasteiger partial charge >= 0.3 is 0 Å². The predicted octanol–water partition coefficient (Wildman–Crippen LogP) is 4.16. The second-order valence-electron chi connectivity index (χ2n) is 5.06.